The van der Waals surface area contributed by atoms with Crippen molar-refractivity contribution < 1.29 is 5.11 Å². The van der Waals surface area contributed by atoms with Crippen LogP contribution in [0.25, 0.3) is 11.1 Å². The van der Waals surface area contributed by atoms with Crippen molar-refractivity contribution >= 4 is 23.2 Å². The number of nitrogen functional groups attached to an aromatic ring is 1. The maximum absolute atomic E-state index is 9.79. The van der Waals surface area contributed by atoms with E-state index >= 15 is 0 Å². The second-order valence-electron chi connectivity index (χ2n) is 7.02. The number of nitrogens with one attached hydrogen (secondary N) is 1. The third kappa shape index (κ3) is 5.60. The number of anilines is 1. The summed E-state index contributed by atoms with van der Waals surface area (Å²) in [5.41, 5.74) is 13.3. The topological polar surface area (TPSA) is 129 Å². The molecular formula is C22H31N7O. The van der Waals surface area contributed by atoms with E-state index in [9.17, 15) is 5.11 Å². The maximum atomic E-state index is 9.79. The van der Waals surface area contributed by atoms with E-state index in [0.717, 1.165) is 28.9 Å². The molecule has 0 unspecified atom stereocenters. The van der Waals surface area contributed by atoms with Gasteiger partial charge in [0.1, 0.15) is 0 Å². The zero-order chi connectivity index (χ0) is 22.3. The lowest BCUT2D eigenvalue weighted by Gasteiger charge is -2.20. The fourth-order valence-corrected chi connectivity index (χ4v) is 3.24. The maximum Gasteiger partial charge on any atom is 0.0860 e. The molecule has 1 saturated heterocycles. The van der Waals surface area contributed by atoms with Gasteiger partial charge in [0.05, 0.1) is 23.8 Å². The molecule has 1 atom stereocenters. The number of allylic oxidation sites excluding steroid dienone is 4. The molecule has 1 aromatic rings. The molecule has 1 fully saturated rings. The van der Waals surface area contributed by atoms with E-state index in [1.165, 1.54) is 11.3 Å². The van der Waals surface area contributed by atoms with Crippen LogP contribution < -0.4 is 22.8 Å². The third-order valence-electron chi connectivity index (χ3n) is 4.79. The van der Waals surface area contributed by atoms with Gasteiger partial charge in [-0.05, 0) is 35.8 Å². The SMILES string of the molecule is C=C/C(=C\N(C)N)c1ccc(NN)c(C(=C)/C(=C/C(=C)N2CC[C@@H](O)C2)N=CN)c1. The van der Waals surface area contributed by atoms with Gasteiger partial charge in [-0.3, -0.25) is 5.84 Å². The molecule has 0 aromatic heterocycles. The molecule has 8 nitrogen and oxygen atoms in total. The van der Waals surface area contributed by atoms with Crippen LogP contribution in [0, 0.1) is 0 Å². The predicted octanol–water partition coefficient (Wildman–Crippen LogP) is 1.77. The molecule has 0 amide bonds. The molecule has 30 heavy (non-hydrogen) atoms. The number of nitrogens with zero attached hydrogens (tertiary/aromatic N) is 3. The van der Waals surface area contributed by atoms with E-state index in [2.05, 4.69) is 30.2 Å². The van der Waals surface area contributed by atoms with Crippen molar-refractivity contribution in [1.82, 2.24) is 9.91 Å². The number of β-amino-alcohol motifs (C(OH)–C–C–N with tert-alkyl or cyclic N) is 1. The zero-order valence-electron chi connectivity index (χ0n) is 17.4. The molecule has 1 aliphatic rings. The van der Waals surface area contributed by atoms with Gasteiger partial charge in [0, 0.05) is 43.2 Å². The first-order valence-electron chi connectivity index (χ1n) is 9.51. The summed E-state index contributed by atoms with van der Waals surface area (Å²) in [6, 6.07) is 5.68. The predicted molar refractivity (Wildman–Crippen MR) is 126 cm³/mol. The summed E-state index contributed by atoms with van der Waals surface area (Å²) in [7, 11) is 1.73. The highest BCUT2D eigenvalue weighted by Gasteiger charge is 2.21. The number of benzene rings is 1. The zero-order valence-corrected chi connectivity index (χ0v) is 17.4. The molecule has 1 heterocycles. The van der Waals surface area contributed by atoms with Gasteiger partial charge in [-0.2, -0.15) is 0 Å². The number of aliphatic imine (C=N–C) groups is 1. The van der Waals surface area contributed by atoms with Gasteiger partial charge in [0.15, 0.2) is 0 Å². The van der Waals surface area contributed by atoms with Crippen molar-refractivity contribution in [3.8, 4) is 0 Å². The first kappa shape index (κ1) is 23.0. The Morgan fingerprint density at radius 3 is 2.67 bits per heavy atom. The van der Waals surface area contributed by atoms with Crippen LogP contribution in [0.5, 0.6) is 0 Å². The smallest absolute Gasteiger partial charge is 0.0860 e. The van der Waals surface area contributed by atoms with E-state index in [4.69, 9.17) is 17.4 Å². The monoisotopic (exact) mass is 409 g/mol. The van der Waals surface area contributed by atoms with E-state index in [1.54, 1.807) is 25.4 Å². The van der Waals surface area contributed by atoms with Gasteiger partial charge in [-0.25, -0.2) is 10.8 Å². The van der Waals surface area contributed by atoms with Gasteiger partial charge in [0.2, 0.25) is 0 Å². The van der Waals surface area contributed by atoms with Crippen LogP contribution in [0.1, 0.15) is 17.5 Å². The van der Waals surface area contributed by atoms with Crippen LogP contribution in [-0.4, -0.2) is 47.6 Å². The van der Waals surface area contributed by atoms with Crippen molar-refractivity contribution in [2.45, 2.75) is 12.5 Å². The van der Waals surface area contributed by atoms with E-state index in [-0.39, 0.29) is 6.10 Å². The summed E-state index contributed by atoms with van der Waals surface area (Å²) in [5, 5.41) is 11.2. The molecule has 2 rings (SSSR count). The van der Waals surface area contributed by atoms with Crippen LogP contribution in [0.15, 0.2) is 72.7 Å². The molecule has 0 aliphatic carbocycles. The van der Waals surface area contributed by atoms with Gasteiger partial charge in [-0.1, -0.05) is 31.9 Å². The normalized spacial score (nSPS) is 17.3. The highest BCUT2D eigenvalue weighted by atomic mass is 16.3. The number of hydrogen-bond acceptors (Lipinski definition) is 7. The average molecular weight is 410 g/mol. The number of nitrogens with two attached hydrogens (primary N) is 3. The summed E-state index contributed by atoms with van der Waals surface area (Å²) in [6.45, 7) is 13.4. The van der Waals surface area contributed by atoms with Crippen LogP contribution >= 0.6 is 0 Å². The molecular weight excluding hydrogens is 378 g/mol. The summed E-state index contributed by atoms with van der Waals surface area (Å²) in [6.07, 6.45) is 6.85. The Bertz CT molecular complexity index is 899. The second-order valence-corrected chi connectivity index (χ2v) is 7.02. The Morgan fingerprint density at radius 2 is 2.13 bits per heavy atom. The molecule has 0 bridgehead atoms. The molecule has 8 N–H and O–H groups in total. The largest absolute Gasteiger partial charge is 0.391 e. The Morgan fingerprint density at radius 1 is 1.40 bits per heavy atom. The van der Waals surface area contributed by atoms with Crippen LogP contribution in [0.3, 0.4) is 0 Å². The molecule has 0 saturated carbocycles. The highest BCUT2D eigenvalue weighted by molar-refractivity contribution is 5.88. The Labute approximate surface area is 178 Å². The van der Waals surface area contributed by atoms with Crippen molar-refractivity contribution in [3.63, 3.8) is 0 Å². The van der Waals surface area contributed by atoms with Crippen molar-refractivity contribution in [1.29, 1.82) is 0 Å². The molecule has 8 heteroatoms. The molecule has 1 aromatic carbocycles. The standard InChI is InChI=1S/C22H31N7O/c1-5-17(12-28(4)25)18-6-7-21(27-24)20(11-18)16(3)22(26-14-23)10-15(2)29-9-8-19(30)13-29/h5-7,10-12,14,19,27,30H,1-3,8-9,13,24-25H2,4H3,(H2,23,26)/b17-12+,22-10-/t19-/m1/s1. The summed E-state index contributed by atoms with van der Waals surface area (Å²) in [5.74, 6) is 11.5. The van der Waals surface area contributed by atoms with E-state index in [1.807, 2.05) is 23.1 Å². The fraction of sp³-hybridized carbons (Fsp3) is 0.227. The minimum absolute atomic E-state index is 0.352. The van der Waals surface area contributed by atoms with E-state index in [0.29, 0.717) is 29.9 Å². The van der Waals surface area contributed by atoms with Gasteiger partial charge in [0.25, 0.3) is 0 Å². The fourth-order valence-electron chi connectivity index (χ4n) is 3.24. The van der Waals surface area contributed by atoms with Crippen LogP contribution in [0.4, 0.5) is 5.69 Å². The van der Waals surface area contributed by atoms with Gasteiger partial charge < -0.3 is 26.2 Å². The van der Waals surface area contributed by atoms with E-state index < -0.39 is 0 Å². The molecule has 1 aliphatic heterocycles. The first-order chi connectivity index (χ1) is 14.3. The quantitative estimate of drug-likeness (QED) is 0.138. The lowest BCUT2D eigenvalue weighted by Crippen LogP contribution is -2.20. The lowest BCUT2D eigenvalue weighted by molar-refractivity contribution is 0.184. The van der Waals surface area contributed by atoms with Crippen molar-refractivity contribution in [3.05, 3.63) is 78.8 Å². The minimum atomic E-state index is -0.352. The van der Waals surface area contributed by atoms with Crippen molar-refractivity contribution in [2.75, 3.05) is 25.6 Å². The Balaban J connectivity index is 2.46. The summed E-state index contributed by atoms with van der Waals surface area (Å²) >= 11 is 0. The number of aliphatic hydroxyl groups excluding tert-OH is 1. The molecule has 160 valence electrons. The molecule has 0 radical (unpaired) electrons. The number of hydrazine groups is 2. The highest BCUT2D eigenvalue weighted by Crippen LogP contribution is 2.32. The number of hydrogen-bond donors (Lipinski definition) is 5. The van der Waals surface area contributed by atoms with Gasteiger partial charge in [-0.15, -0.1) is 0 Å². The summed E-state index contributed by atoms with van der Waals surface area (Å²) in [4.78, 5) is 6.28. The Hall–Kier alpha value is -3.33. The number of rotatable bonds is 9. The molecule has 0 spiro atoms. The summed E-state index contributed by atoms with van der Waals surface area (Å²) < 4.78 is 0. The number of aliphatic hydroxyl groups is 1. The first-order valence-corrected chi connectivity index (χ1v) is 9.51. The van der Waals surface area contributed by atoms with Crippen LogP contribution in [0.2, 0.25) is 0 Å². The van der Waals surface area contributed by atoms with Gasteiger partial charge >= 0.3 is 0 Å². The van der Waals surface area contributed by atoms with Crippen LogP contribution in [-0.2, 0) is 0 Å². The Kier molecular flexibility index (Phi) is 7.99. The third-order valence-corrected chi connectivity index (χ3v) is 4.79. The number of likely N-dealkylation sites (tertiary alicyclic amines) is 1. The van der Waals surface area contributed by atoms with Crippen molar-refractivity contribution in [2.24, 2.45) is 22.4 Å². The average Bonchev–Trinajstić information content (AvgIpc) is 3.17. The minimum Gasteiger partial charge on any atom is -0.391 e. The lowest BCUT2D eigenvalue weighted by atomic mass is 9.96. The second kappa shape index (κ2) is 10.4.